The molecule has 0 fully saturated rings. The van der Waals surface area contributed by atoms with E-state index in [1.54, 1.807) is 6.07 Å². The molecule has 0 atom stereocenters. The van der Waals surface area contributed by atoms with Crippen LogP contribution in [0, 0.1) is 5.82 Å². The van der Waals surface area contributed by atoms with E-state index in [-0.39, 0.29) is 5.82 Å². The third kappa shape index (κ3) is 3.50. The Morgan fingerprint density at radius 1 is 1.43 bits per heavy atom. The van der Waals surface area contributed by atoms with Gasteiger partial charge in [0.25, 0.3) is 0 Å². The lowest BCUT2D eigenvalue weighted by Crippen LogP contribution is -1.94. The van der Waals surface area contributed by atoms with E-state index in [1.165, 1.54) is 12.1 Å². The first-order valence-corrected chi connectivity index (χ1v) is 5.26. The van der Waals surface area contributed by atoms with Gasteiger partial charge in [0.15, 0.2) is 0 Å². The number of halogens is 2. The highest BCUT2D eigenvalue weighted by molar-refractivity contribution is 9.10. The molecule has 0 N–H and O–H groups in total. The standard InChI is InChI=1S/C11H12BrFO/c1-2-3-4-7-14-11-6-5-9(13)8-10(11)12/h3-6,8H,2,7H2,1H3/b4-3+. The molecule has 14 heavy (non-hydrogen) atoms. The molecule has 1 aromatic rings. The quantitative estimate of drug-likeness (QED) is 0.744. The topological polar surface area (TPSA) is 9.23 Å². The fourth-order valence-electron chi connectivity index (χ4n) is 0.965. The largest absolute Gasteiger partial charge is 0.488 e. The SMILES string of the molecule is CC/C=C/COc1ccc(F)cc1Br. The minimum absolute atomic E-state index is 0.270. The fourth-order valence-corrected chi connectivity index (χ4v) is 1.43. The molecule has 0 radical (unpaired) electrons. The zero-order valence-electron chi connectivity index (χ0n) is 7.97. The smallest absolute Gasteiger partial charge is 0.134 e. The van der Waals surface area contributed by atoms with E-state index in [1.807, 2.05) is 12.2 Å². The Balaban J connectivity index is 2.55. The second-order valence-corrected chi connectivity index (χ2v) is 3.62. The lowest BCUT2D eigenvalue weighted by molar-refractivity contribution is 0.359. The molecule has 0 saturated carbocycles. The number of hydrogen-bond donors (Lipinski definition) is 0. The average molecular weight is 259 g/mol. The second-order valence-electron chi connectivity index (χ2n) is 2.77. The van der Waals surface area contributed by atoms with E-state index >= 15 is 0 Å². The van der Waals surface area contributed by atoms with Crippen LogP contribution in [-0.4, -0.2) is 6.61 Å². The van der Waals surface area contributed by atoms with E-state index < -0.39 is 0 Å². The molecule has 0 unspecified atom stereocenters. The molecule has 76 valence electrons. The predicted molar refractivity (Wildman–Crippen MR) is 59.0 cm³/mol. The molecular formula is C11H12BrFO. The van der Waals surface area contributed by atoms with Gasteiger partial charge >= 0.3 is 0 Å². The highest BCUT2D eigenvalue weighted by Crippen LogP contribution is 2.25. The van der Waals surface area contributed by atoms with Crippen LogP contribution in [0.4, 0.5) is 4.39 Å². The lowest BCUT2D eigenvalue weighted by atomic mass is 10.3. The molecule has 0 amide bonds. The zero-order valence-corrected chi connectivity index (χ0v) is 9.55. The van der Waals surface area contributed by atoms with Crippen LogP contribution in [0.5, 0.6) is 5.75 Å². The van der Waals surface area contributed by atoms with Crippen LogP contribution in [-0.2, 0) is 0 Å². The van der Waals surface area contributed by atoms with Gasteiger partial charge in [0.1, 0.15) is 18.2 Å². The van der Waals surface area contributed by atoms with Gasteiger partial charge in [-0.15, -0.1) is 0 Å². The third-order valence-corrected chi connectivity index (χ3v) is 2.25. The Labute approximate surface area is 91.7 Å². The number of benzene rings is 1. The van der Waals surface area contributed by atoms with Crippen molar-refractivity contribution in [1.82, 2.24) is 0 Å². The Morgan fingerprint density at radius 2 is 2.21 bits per heavy atom. The molecular weight excluding hydrogens is 247 g/mol. The van der Waals surface area contributed by atoms with Crippen LogP contribution < -0.4 is 4.74 Å². The van der Waals surface area contributed by atoms with Gasteiger partial charge in [0.2, 0.25) is 0 Å². The van der Waals surface area contributed by atoms with Crippen LogP contribution in [0.15, 0.2) is 34.8 Å². The van der Waals surface area contributed by atoms with Crippen LogP contribution in [0.1, 0.15) is 13.3 Å². The van der Waals surface area contributed by atoms with Crippen molar-refractivity contribution in [1.29, 1.82) is 0 Å². The van der Waals surface area contributed by atoms with Crippen molar-refractivity contribution >= 4 is 15.9 Å². The molecule has 0 bridgehead atoms. The Bertz CT molecular complexity index is 323. The summed E-state index contributed by atoms with van der Waals surface area (Å²) in [5.74, 6) is 0.389. The summed E-state index contributed by atoms with van der Waals surface area (Å²) in [6.45, 7) is 2.57. The van der Waals surface area contributed by atoms with Crippen molar-refractivity contribution in [2.45, 2.75) is 13.3 Å². The average Bonchev–Trinajstić information content (AvgIpc) is 2.15. The van der Waals surface area contributed by atoms with Crippen molar-refractivity contribution in [2.75, 3.05) is 6.61 Å². The zero-order chi connectivity index (χ0) is 10.4. The van der Waals surface area contributed by atoms with Gasteiger partial charge in [0, 0.05) is 0 Å². The van der Waals surface area contributed by atoms with Crippen LogP contribution >= 0.6 is 15.9 Å². The summed E-state index contributed by atoms with van der Waals surface area (Å²) < 4.78 is 18.7. The van der Waals surface area contributed by atoms with E-state index in [9.17, 15) is 4.39 Å². The molecule has 0 aromatic heterocycles. The minimum Gasteiger partial charge on any atom is -0.488 e. The molecule has 1 rings (SSSR count). The van der Waals surface area contributed by atoms with E-state index in [0.717, 1.165) is 6.42 Å². The van der Waals surface area contributed by atoms with Crippen molar-refractivity contribution < 1.29 is 9.13 Å². The summed E-state index contributed by atoms with van der Waals surface area (Å²) in [6.07, 6.45) is 4.96. The maximum atomic E-state index is 12.7. The molecule has 0 aliphatic rings. The first kappa shape index (κ1) is 11.2. The van der Waals surface area contributed by atoms with E-state index in [0.29, 0.717) is 16.8 Å². The maximum absolute atomic E-state index is 12.7. The molecule has 0 aliphatic heterocycles. The summed E-state index contributed by atoms with van der Waals surface area (Å²) in [4.78, 5) is 0. The molecule has 0 spiro atoms. The maximum Gasteiger partial charge on any atom is 0.134 e. The van der Waals surface area contributed by atoms with Gasteiger partial charge in [-0.1, -0.05) is 19.1 Å². The van der Waals surface area contributed by atoms with Gasteiger partial charge in [-0.25, -0.2) is 4.39 Å². The molecule has 1 nitrogen and oxygen atoms in total. The van der Waals surface area contributed by atoms with E-state index in [4.69, 9.17) is 4.74 Å². The molecule has 0 aliphatic carbocycles. The summed E-state index contributed by atoms with van der Waals surface area (Å²) in [5, 5.41) is 0. The Morgan fingerprint density at radius 3 is 2.86 bits per heavy atom. The van der Waals surface area contributed by atoms with Gasteiger partial charge in [-0.05, 0) is 40.5 Å². The number of allylic oxidation sites excluding steroid dienone is 1. The Hall–Kier alpha value is -0.830. The first-order chi connectivity index (χ1) is 6.74. The van der Waals surface area contributed by atoms with E-state index in [2.05, 4.69) is 22.9 Å². The number of ether oxygens (including phenoxy) is 1. The number of rotatable bonds is 4. The van der Waals surface area contributed by atoms with Crippen LogP contribution in [0.3, 0.4) is 0 Å². The van der Waals surface area contributed by atoms with Crippen molar-refractivity contribution in [3.05, 3.63) is 40.6 Å². The molecule has 3 heteroatoms. The van der Waals surface area contributed by atoms with Crippen molar-refractivity contribution in [3.8, 4) is 5.75 Å². The summed E-state index contributed by atoms with van der Waals surface area (Å²) >= 11 is 3.23. The van der Waals surface area contributed by atoms with Gasteiger partial charge < -0.3 is 4.74 Å². The fraction of sp³-hybridized carbons (Fsp3) is 0.273. The number of hydrogen-bond acceptors (Lipinski definition) is 1. The third-order valence-electron chi connectivity index (χ3n) is 1.63. The van der Waals surface area contributed by atoms with Gasteiger partial charge in [0.05, 0.1) is 4.47 Å². The summed E-state index contributed by atoms with van der Waals surface area (Å²) in [6, 6.07) is 4.38. The summed E-state index contributed by atoms with van der Waals surface area (Å²) in [7, 11) is 0. The highest BCUT2D eigenvalue weighted by atomic mass is 79.9. The van der Waals surface area contributed by atoms with Crippen molar-refractivity contribution in [3.63, 3.8) is 0 Å². The first-order valence-electron chi connectivity index (χ1n) is 4.47. The van der Waals surface area contributed by atoms with Crippen LogP contribution in [0.2, 0.25) is 0 Å². The second kappa shape index (κ2) is 5.81. The minimum atomic E-state index is -0.270. The highest BCUT2D eigenvalue weighted by Gasteiger charge is 2.00. The monoisotopic (exact) mass is 258 g/mol. The Kier molecular flexibility index (Phi) is 4.66. The predicted octanol–water partition coefficient (Wildman–Crippen LogP) is 3.93. The van der Waals surface area contributed by atoms with Gasteiger partial charge in [-0.3, -0.25) is 0 Å². The van der Waals surface area contributed by atoms with Crippen molar-refractivity contribution in [2.24, 2.45) is 0 Å². The molecule has 0 saturated heterocycles. The van der Waals surface area contributed by atoms with Crippen LogP contribution in [0.25, 0.3) is 0 Å². The lowest BCUT2D eigenvalue weighted by Gasteiger charge is -2.05. The molecule has 0 heterocycles. The van der Waals surface area contributed by atoms with Gasteiger partial charge in [-0.2, -0.15) is 0 Å². The molecule has 1 aromatic carbocycles. The summed E-state index contributed by atoms with van der Waals surface area (Å²) in [5.41, 5.74) is 0. The normalized spacial score (nSPS) is 10.8.